The van der Waals surface area contributed by atoms with Crippen molar-refractivity contribution in [2.45, 2.75) is 6.92 Å². The van der Waals surface area contributed by atoms with Crippen LogP contribution in [0.5, 0.6) is 0 Å². The van der Waals surface area contributed by atoms with E-state index in [9.17, 15) is 0 Å². The van der Waals surface area contributed by atoms with Crippen LogP contribution >= 0.6 is 0 Å². The molecule has 2 aliphatic rings. The molecule has 0 aliphatic carbocycles. The number of anilines is 3. The largest absolute Gasteiger partial charge is 0.313 e. The second-order valence-electron chi connectivity index (χ2n) is 11.8. The summed E-state index contributed by atoms with van der Waals surface area (Å²) < 4.78 is 0. The number of nitrogens with zero attached hydrogens (tertiary/aromatic N) is 1. The van der Waals surface area contributed by atoms with Gasteiger partial charge in [-0.25, -0.2) is 0 Å². The molecule has 1 nitrogen and oxygen atoms in total. The summed E-state index contributed by atoms with van der Waals surface area (Å²) in [6.45, 7) is 2.56. The highest BCUT2D eigenvalue weighted by Gasteiger charge is 2.43. The van der Waals surface area contributed by atoms with Crippen LogP contribution in [0.15, 0.2) is 146 Å². The zero-order chi connectivity index (χ0) is 27.8. The number of fused-ring (bicyclic) bond motifs is 6. The maximum absolute atomic E-state index is 2.55. The molecule has 7 aromatic rings. The van der Waals surface area contributed by atoms with Gasteiger partial charge < -0.3 is 4.90 Å². The zero-order valence-corrected chi connectivity index (χ0v) is 23.5. The van der Waals surface area contributed by atoms with Gasteiger partial charge in [-0.3, -0.25) is 0 Å². The van der Waals surface area contributed by atoms with E-state index in [1.807, 2.05) is 0 Å². The standard InChI is InChI=1S/C39H27B2N/c1-26-22-35-39-36(23-26)41(32-21-19-28-11-3-5-13-30(28)25-32)34-15-7-9-17-38(34)42(39)37-16-8-6-14-33(37)40(35)31-20-18-27-10-2-4-12-29(27)24-31/h2-25H,1H3. The molecule has 0 saturated carbocycles. The van der Waals surface area contributed by atoms with Crippen molar-refractivity contribution in [3.63, 3.8) is 0 Å². The zero-order valence-electron chi connectivity index (χ0n) is 23.5. The van der Waals surface area contributed by atoms with Crippen molar-refractivity contribution in [1.82, 2.24) is 0 Å². The van der Waals surface area contributed by atoms with Crippen LogP contribution in [0.2, 0.25) is 0 Å². The summed E-state index contributed by atoms with van der Waals surface area (Å²) >= 11 is 0. The van der Waals surface area contributed by atoms with E-state index in [2.05, 4.69) is 157 Å². The van der Waals surface area contributed by atoms with Gasteiger partial charge in [-0.15, -0.1) is 0 Å². The molecule has 0 amide bonds. The monoisotopic (exact) mass is 531 g/mol. The molecule has 0 saturated heterocycles. The molecule has 7 aromatic carbocycles. The van der Waals surface area contributed by atoms with Gasteiger partial charge in [0, 0.05) is 17.1 Å². The lowest BCUT2D eigenvalue weighted by atomic mass is 9.30. The molecule has 0 N–H and O–H groups in total. The van der Waals surface area contributed by atoms with E-state index in [-0.39, 0.29) is 13.4 Å². The molecule has 2 aliphatic heterocycles. The fourth-order valence-electron chi connectivity index (χ4n) is 7.60. The van der Waals surface area contributed by atoms with Gasteiger partial charge in [-0.05, 0) is 62.5 Å². The lowest BCUT2D eigenvalue weighted by Crippen LogP contribution is -2.65. The Bertz CT molecular complexity index is 2050. The molecule has 0 fully saturated rings. The number of benzene rings is 7. The van der Waals surface area contributed by atoms with Crippen LogP contribution in [0.1, 0.15) is 5.56 Å². The van der Waals surface area contributed by atoms with Crippen LogP contribution < -0.4 is 37.7 Å². The molecule has 3 heteroatoms. The Morgan fingerprint density at radius 1 is 0.405 bits per heavy atom. The molecule has 2 heterocycles. The Morgan fingerprint density at radius 3 is 1.33 bits per heavy atom. The number of hydrogen-bond donors (Lipinski definition) is 0. The van der Waals surface area contributed by atoms with Crippen molar-refractivity contribution in [1.29, 1.82) is 0 Å². The Balaban J connectivity index is 1.35. The smallest absolute Gasteiger partial charge is 0.246 e. The van der Waals surface area contributed by atoms with Crippen molar-refractivity contribution < 1.29 is 0 Å². The number of para-hydroxylation sites is 2. The summed E-state index contributed by atoms with van der Waals surface area (Å²) in [7, 11) is 0. The molecule has 194 valence electrons. The maximum Gasteiger partial charge on any atom is 0.246 e. The van der Waals surface area contributed by atoms with E-state index in [0.717, 1.165) is 0 Å². The van der Waals surface area contributed by atoms with Crippen LogP contribution in [-0.4, -0.2) is 13.4 Å². The fraction of sp³-hybridized carbons (Fsp3) is 0.0256. The van der Waals surface area contributed by atoms with E-state index in [4.69, 9.17) is 0 Å². The average molecular weight is 531 g/mol. The highest BCUT2D eigenvalue weighted by molar-refractivity contribution is 7.02. The van der Waals surface area contributed by atoms with E-state index in [1.165, 1.54) is 76.9 Å². The molecule has 0 bridgehead atoms. The first-order valence-corrected chi connectivity index (χ1v) is 14.8. The van der Waals surface area contributed by atoms with Gasteiger partial charge in [-0.1, -0.05) is 150 Å². The number of aryl methyl sites for hydroxylation is 1. The predicted molar refractivity (Wildman–Crippen MR) is 183 cm³/mol. The van der Waals surface area contributed by atoms with Gasteiger partial charge in [0.2, 0.25) is 13.4 Å². The second kappa shape index (κ2) is 8.99. The van der Waals surface area contributed by atoms with Gasteiger partial charge in [0.15, 0.2) is 0 Å². The first-order valence-electron chi connectivity index (χ1n) is 14.8. The van der Waals surface area contributed by atoms with E-state index >= 15 is 0 Å². The van der Waals surface area contributed by atoms with Crippen molar-refractivity contribution in [2.75, 3.05) is 4.90 Å². The summed E-state index contributed by atoms with van der Waals surface area (Å²) in [6, 6.07) is 54.4. The maximum atomic E-state index is 2.55. The number of hydrogen-bond acceptors (Lipinski definition) is 1. The van der Waals surface area contributed by atoms with E-state index in [1.54, 1.807) is 0 Å². The molecular weight excluding hydrogens is 504 g/mol. The van der Waals surface area contributed by atoms with Crippen LogP contribution in [0.4, 0.5) is 17.1 Å². The molecule has 42 heavy (non-hydrogen) atoms. The van der Waals surface area contributed by atoms with Gasteiger partial charge >= 0.3 is 0 Å². The van der Waals surface area contributed by atoms with Crippen molar-refractivity contribution >= 4 is 84.8 Å². The number of rotatable bonds is 2. The Labute approximate surface area is 247 Å². The van der Waals surface area contributed by atoms with Crippen LogP contribution in [0, 0.1) is 6.92 Å². The minimum atomic E-state index is 0.151. The normalized spacial score (nSPS) is 13.2. The van der Waals surface area contributed by atoms with Gasteiger partial charge in [-0.2, -0.15) is 0 Å². The summed E-state index contributed by atoms with van der Waals surface area (Å²) in [5.41, 5.74) is 13.4. The quantitative estimate of drug-likeness (QED) is 0.269. The first-order chi connectivity index (χ1) is 20.7. The average Bonchev–Trinajstić information content (AvgIpc) is 3.04. The van der Waals surface area contributed by atoms with Crippen molar-refractivity contribution in [3.8, 4) is 0 Å². The predicted octanol–water partition coefficient (Wildman–Crippen LogP) is 5.43. The van der Waals surface area contributed by atoms with Crippen molar-refractivity contribution in [2.24, 2.45) is 0 Å². The Morgan fingerprint density at radius 2 is 0.833 bits per heavy atom. The molecule has 0 aromatic heterocycles. The fourth-order valence-corrected chi connectivity index (χ4v) is 7.60. The van der Waals surface area contributed by atoms with Gasteiger partial charge in [0.1, 0.15) is 0 Å². The van der Waals surface area contributed by atoms with E-state index in [0.29, 0.717) is 0 Å². The topological polar surface area (TPSA) is 3.24 Å². The molecular formula is C39H27B2N. The molecule has 0 radical (unpaired) electrons. The third-order valence-corrected chi connectivity index (χ3v) is 9.35. The van der Waals surface area contributed by atoms with Gasteiger partial charge in [0.05, 0.1) is 0 Å². The summed E-state index contributed by atoms with van der Waals surface area (Å²) in [5, 5.41) is 5.14. The van der Waals surface area contributed by atoms with Crippen LogP contribution in [0.3, 0.4) is 0 Å². The van der Waals surface area contributed by atoms with E-state index < -0.39 is 0 Å². The van der Waals surface area contributed by atoms with Crippen LogP contribution in [0.25, 0.3) is 21.5 Å². The Kier molecular flexibility index (Phi) is 5.07. The first kappa shape index (κ1) is 23.7. The Hall–Kier alpha value is -5.01. The molecule has 0 unspecified atom stereocenters. The summed E-state index contributed by atoms with van der Waals surface area (Å²) in [4.78, 5) is 2.55. The summed E-state index contributed by atoms with van der Waals surface area (Å²) in [6.07, 6.45) is 0. The SMILES string of the molecule is Cc1cc2c3c(c1)B(c1ccc4ccccc4c1)c1ccccc1N3c1ccccc1B2c1ccc2ccccc2c1. The minimum absolute atomic E-state index is 0.151. The highest BCUT2D eigenvalue weighted by atomic mass is 15.2. The molecule has 0 spiro atoms. The second-order valence-corrected chi connectivity index (χ2v) is 11.8. The lowest BCUT2D eigenvalue weighted by molar-refractivity contribution is 1.30. The van der Waals surface area contributed by atoms with Crippen LogP contribution in [-0.2, 0) is 0 Å². The lowest BCUT2D eigenvalue weighted by Gasteiger charge is -2.44. The van der Waals surface area contributed by atoms with Crippen molar-refractivity contribution in [3.05, 3.63) is 151 Å². The molecule has 9 rings (SSSR count). The van der Waals surface area contributed by atoms with Gasteiger partial charge in [0.25, 0.3) is 0 Å². The minimum Gasteiger partial charge on any atom is -0.313 e. The summed E-state index contributed by atoms with van der Waals surface area (Å²) in [5.74, 6) is 0. The highest BCUT2D eigenvalue weighted by Crippen LogP contribution is 2.37. The third kappa shape index (κ3) is 3.40. The molecule has 0 atom stereocenters. The third-order valence-electron chi connectivity index (χ3n) is 9.35.